The number of hydrogen-bond donors (Lipinski definition) is 1. The van der Waals surface area contributed by atoms with Gasteiger partial charge in [0.05, 0.1) is 23.4 Å². The summed E-state index contributed by atoms with van der Waals surface area (Å²) in [5.41, 5.74) is 0. The van der Waals surface area contributed by atoms with E-state index in [0.717, 1.165) is 19.4 Å². The molecule has 0 spiro atoms. The summed E-state index contributed by atoms with van der Waals surface area (Å²) >= 11 is 0. The molecule has 3 atom stereocenters. The summed E-state index contributed by atoms with van der Waals surface area (Å²) in [6, 6.07) is 0. The molecule has 2 aliphatic heterocycles. The van der Waals surface area contributed by atoms with Crippen LogP contribution in [0.3, 0.4) is 0 Å². The number of rotatable bonds is 5. The summed E-state index contributed by atoms with van der Waals surface area (Å²) in [5, 5.41) is 2.82. The van der Waals surface area contributed by atoms with Crippen LogP contribution in [0, 0.1) is 11.8 Å². The van der Waals surface area contributed by atoms with Gasteiger partial charge in [-0.05, 0) is 38.0 Å². The van der Waals surface area contributed by atoms with E-state index in [1.54, 1.807) is 4.31 Å². The lowest BCUT2D eigenvalue weighted by atomic mass is 9.99. The summed E-state index contributed by atoms with van der Waals surface area (Å²) in [6.07, 6.45) is 4.24. The molecule has 0 aromatic carbocycles. The highest BCUT2D eigenvalue weighted by Crippen LogP contribution is 2.37. The second-order valence-electron chi connectivity index (χ2n) is 6.89. The maximum absolute atomic E-state index is 12.3. The fourth-order valence-electron chi connectivity index (χ4n) is 3.38. The largest absolute Gasteiger partial charge is 0.371 e. The summed E-state index contributed by atoms with van der Waals surface area (Å²) in [6.45, 7) is 1.52. The van der Waals surface area contributed by atoms with E-state index in [1.807, 2.05) is 0 Å². The van der Waals surface area contributed by atoms with Crippen LogP contribution in [0.2, 0.25) is 0 Å². The van der Waals surface area contributed by atoms with Crippen LogP contribution in [0.15, 0.2) is 0 Å². The van der Waals surface area contributed by atoms with Crippen molar-refractivity contribution in [2.24, 2.45) is 11.8 Å². The Kier molecular flexibility index (Phi) is 3.28. The molecule has 0 unspecified atom stereocenters. The van der Waals surface area contributed by atoms with Crippen LogP contribution in [0.1, 0.15) is 32.1 Å². The average Bonchev–Trinajstić information content (AvgIpc) is 3.35. The number of carbonyl (C=O) groups is 1. The van der Waals surface area contributed by atoms with E-state index in [9.17, 15) is 13.2 Å². The van der Waals surface area contributed by atoms with Crippen LogP contribution >= 0.6 is 0 Å². The topological polar surface area (TPSA) is 75.7 Å². The van der Waals surface area contributed by atoms with Crippen molar-refractivity contribution in [2.75, 3.05) is 19.6 Å². The third kappa shape index (κ3) is 2.71. The third-order valence-corrected chi connectivity index (χ3v) is 7.36. The molecule has 4 rings (SSSR count). The van der Waals surface area contributed by atoms with E-state index < -0.39 is 10.0 Å². The normalized spacial score (nSPS) is 36.7. The van der Waals surface area contributed by atoms with Crippen LogP contribution in [0.25, 0.3) is 0 Å². The second-order valence-corrected chi connectivity index (χ2v) is 9.10. The molecule has 4 fully saturated rings. The molecular weight excluding hydrogens is 292 g/mol. The standard InChI is InChI=1S/C14H22N2O4S/c17-14(15-6-9-1-2-9)12-5-10-7-16(8-13(12)20-10)21(18,19)11-3-4-11/h9-13H,1-8H2,(H,15,17)/t10-,12+,13-/m0/s1. The minimum Gasteiger partial charge on any atom is -0.371 e. The number of carbonyl (C=O) groups excluding carboxylic acids is 1. The number of nitrogens with zero attached hydrogens (tertiary/aromatic N) is 1. The number of ether oxygens (including phenoxy) is 1. The Bertz CT molecular complexity index is 541. The zero-order valence-corrected chi connectivity index (χ0v) is 12.8. The molecule has 0 aromatic heterocycles. The van der Waals surface area contributed by atoms with Crippen molar-refractivity contribution in [3.63, 3.8) is 0 Å². The molecule has 0 aromatic rings. The molecule has 21 heavy (non-hydrogen) atoms. The number of morpholine rings is 1. The van der Waals surface area contributed by atoms with Gasteiger partial charge in [-0.3, -0.25) is 4.79 Å². The third-order valence-electron chi connectivity index (χ3n) is 5.03. The summed E-state index contributed by atoms with van der Waals surface area (Å²) < 4.78 is 32.1. The van der Waals surface area contributed by atoms with Gasteiger partial charge in [0.1, 0.15) is 0 Å². The first-order valence-electron chi connectivity index (χ1n) is 7.96. The Morgan fingerprint density at radius 1 is 1.19 bits per heavy atom. The number of sulfonamides is 1. The number of hydrogen-bond acceptors (Lipinski definition) is 4. The van der Waals surface area contributed by atoms with Crippen LogP contribution < -0.4 is 5.32 Å². The maximum Gasteiger partial charge on any atom is 0.225 e. The van der Waals surface area contributed by atoms with Gasteiger partial charge in [-0.1, -0.05) is 0 Å². The Labute approximate surface area is 125 Å². The summed E-state index contributed by atoms with van der Waals surface area (Å²) in [4.78, 5) is 12.3. The lowest BCUT2D eigenvalue weighted by Gasteiger charge is -2.32. The van der Waals surface area contributed by atoms with E-state index in [-0.39, 0.29) is 29.3 Å². The molecule has 2 heterocycles. The molecule has 2 saturated carbocycles. The van der Waals surface area contributed by atoms with Crippen molar-refractivity contribution in [1.29, 1.82) is 0 Å². The van der Waals surface area contributed by atoms with Crippen LogP contribution in [-0.2, 0) is 19.6 Å². The molecule has 0 radical (unpaired) electrons. The molecule has 4 aliphatic rings. The molecule has 1 N–H and O–H groups in total. The molecule has 2 bridgehead atoms. The zero-order valence-electron chi connectivity index (χ0n) is 12.0. The Morgan fingerprint density at radius 2 is 1.95 bits per heavy atom. The highest BCUT2D eigenvalue weighted by molar-refractivity contribution is 7.90. The first-order chi connectivity index (χ1) is 10.0. The van der Waals surface area contributed by atoms with Gasteiger partial charge in [0.15, 0.2) is 0 Å². The minimum atomic E-state index is -3.16. The Hall–Kier alpha value is -0.660. The van der Waals surface area contributed by atoms with Crippen molar-refractivity contribution < 1.29 is 17.9 Å². The predicted molar refractivity (Wildman–Crippen MR) is 76.0 cm³/mol. The fraction of sp³-hybridized carbons (Fsp3) is 0.929. The van der Waals surface area contributed by atoms with Gasteiger partial charge in [0.25, 0.3) is 0 Å². The second kappa shape index (κ2) is 4.93. The van der Waals surface area contributed by atoms with Crippen molar-refractivity contribution in [2.45, 2.75) is 49.6 Å². The van der Waals surface area contributed by atoms with Crippen molar-refractivity contribution in [3.8, 4) is 0 Å². The van der Waals surface area contributed by atoms with Crippen molar-refractivity contribution in [1.82, 2.24) is 9.62 Å². The zero-order chi connectivity index (χ0) is 14.6. The number of fused-ring (bicyclic) bond motifs is 2. The predicted octanol–water partition coefficient (Wildman–Crippen LogP) is 0.0941. The van der Waals surface area contributed by atoms with Gasteiger partial charge in [-0.15, -0.1) is 0 Å². The molecule has 2 saturated heterocycles. The van der Waals surface area contributed by atoms with E-state index >= 15 is 0 Å². The highest BCUT2D eigenvalue weighted by Gasteiger charge is 2.50. The van der Waals surface area contributed by atoms with E-state index in [4.69, 9.17) is 4.74 Å². The Morgan fingerprint density at radius 3 is 2.62 bits per heavy atom. The first-order valence-corrected chi connectivity index (χ1v) is 9.46. The van der Waals surface area contributed by atoms with Gasteiger partial charge in [0, 0.05) is 19.6 Å². The molecule has 118 valence electrons. The summed E-state index contributed by atoms with van der Waals surface area (Å²) in [7, 11) is -3.16. The molecule has 2 aliphatic carbocycles. The van der Waals surface area contributed by atoms with Crippen molar-refractivity contribution in [3.05, 3.63) is 0 Å². The lowest BCUT2D eigenvalue weighted by molar-refractivity contribution is -0.127. The van der Waals surface area contributed by atoms with Crippen LogP contribution in [-0.4, -0.2) is 55.7 Å². The molecule has 1 amide bonds. The Balaban J connectivity index is 1.40. The van der Waals surface area contributed by atoms with Crippen molar-refractivity contribution >= 4 is 15.9 Å². The smallest absolute Gasteiger partial charge is 0.225 e. The number of amides is 1. The molecular formula is C14H22N2O4S. The van der Waals surface area contributed by atoms with Gasteiger partial charge in [-0.25, -0.2) is 8.42 Å². The SMILES string of the molecule is O=C(NCC1CC1)[C@@H]1C[C@H]2CN(S(=O)(=O)C3CC3)C[C@@H]1O2. The maximum atomic E-state index is 12.3. The van der Waals surface area contributed by atoms with Gasteiger partial charge in [0.2, 0.25) is 15.9 Å². The van der Waals surface area contributed by atoms with Crippen LogP contribution in [0.5, 0.6) is 0 Å². The monoisotopic (exact) mass is 314 g/mol. The quantitative estimate of drug-likeness (QED) is 0.780. The van der Waals surface area contributed by atoms with E-state index in [0.29, 0.717) is 25.4 Å². The minimum absolute atomic E-state index is 0.0417. The average molecular weight is 314 g/mol. The fourth-order valence-corrected chi connectivity index (χ4v) is 5.26. The number of nitrogens with one attached hydrogen (secondary N) is 1. The van der Waals surface area contributed by atoms with E-state index in [1.165, 1.54) is 12.8 Å². The highest BCUT2D eigenvalue weighted by atomic mass is 32.2. The van der Waals surface area contributed by atoms with Crippen LogP contribution in [0.4, 0.5) is 0 Å². The first kappa shape index (κ1) is 14.0. The van der Waals surface area contributed by atoms with Gasteiger partial charge >= 0.3 is 0 Å². The van der Waals surface area contributed by atoms with Gasteiger partial charge in [-0.2, -0.15) is 4.31 Å². The molecule has 7 heteroatoms. The lowest BCUT2D eigenvalue weighted by Crippen LogP contribution is -2.48. The van der Waals surface area contributed by atoms with E-state index in [2.05, 4.69) is 5.32 Å². The molecule has 6 nitrogen and oxygen atoms in total. The van der Waals surface area contributed by atoms with Gasteiger partial charge < -0.3 is 10.1 Å². The summed E-state index contributed by atoms with van der Waals surface area (Å²) in [5.74, 6) is 0.510.